The second-order valence-electron chi connectivity index (χ2n) is 4.44. The Morgan fingerprint density at radius 1 is 1.32 bits per heavy atom. The van der Waals surface area contributed by atoms with Crippen molar-refractivity contribution in [1.29, 1.82) is 0 Å². The number of nitrogens with one attached hydrogen (secondary N) is 1. The minimum absolute atomic E-state index is 0.112. The van der Waals surface area contributed by atoms with Crippen LogP contribution in [0.4, 0.5) is 10.5 Å². The van der Waals surface area contributed by atoms with Gasteiger partial charge in [0.2, 0.25) is 0 Å². The number of nitrogens with zero attached hydrogens (tertiary/aromatic N) is 1. The van der Waals surface area contributed by atoms with E-state index in [1.54, 1.807) is 24.0 Å². The van der Waals surface area contributed by atoms with Gasteiger partial charge in [0.15, 0.2) is 0 Å². The van der Waals surface area contributed by atoms with Crippen LogP contribution in [-0.4, -0.2) is 35.1 Å². The molecule has 1 aliphatic heterocycles. The first-order valence-electron chi connectivity index (χ1n) is 6.13. The second-order valence-corrected chi connectivity index (χ2v) is 4.44. The van der Waals surface area contributed by atoms with E-state index in [2.05, 4.69) is 5.32 Å². The number of urea groups is 1. The van der Waals surface area contributed by atoms with Gasteiger partial charge in [-0.2, -0.15) is 0 Å². The van der Waals surface area contributed by atoms with E-state index in [4.69, 9.17) is 5.11 Å². The molecule has 1 aliphatic rings. The van der Waals surface area contributed by atoms with E-state index in [1.165, 1.54) is 6.07 Å². The molecule has 0 fully saturated rings. The van der Waals surface area contributed by atoms with Gasteiger partial charge in [0, 0.05) is 13.1 Å². The predicted octanol–water partition coefficient (Wildman–Crippen LogP) is 2.49. The molecular weight excluding hydrogens is 244 g/mol. The maximum Gasteiger partial charge on any atom is 0.337 e. The largest absolute Gasteiger partial charge is 0.478 e. The first-order valence-corrected chi connectivity index (χ1v) is 6.13. The Labute approximate surface area is 111 Å². The van der Waals surface area contributed by atoms with Gasteiger partial charge in [-0.1, -0.05) is 24.3 Å². The molecule has 0 unspecified atom stereocenters. The monoisotopic (exact) mass is 260 g/mol. The number of anilines is 1. The van der Waals surface area contributed by atoms with Crippen molar-refractivity contribution in [1.82, 2.24) is 4.90 Å². The highest BCUT2D eigenvalue weighted by atomic mass is 16.4. The Kier molecular flexibility index (Phi) is 3.85. The molecule has 0 aliphatic carbocycles. The molecule has 5 heteroatoms. The molecule has 19 heavy (non-hydrogen) atoms. The zero-order chi connectivity index (χ0) is 13.8. The van der Waals surface area contributed by atoms with Crippen LogP contribution < -0.4 is 5.32 Å². The van der Waals surface area contributed by atoms with Gasteiger partial charge in [0.05, 0.1) is 11.3 Å². The third-order valence-corrected chi connectivity index (χ3v) is 3.08. The lowest BCUT2D eigenvalue weighted by atomic mass is 10.1. The number of benzene rings is 1. The van der Waals surface area contributed by atoms with E-state index in [0.29, 0.717) is 18.8 Å². The quantitative estimate of drug-likeness (QED) is 0.803. The fourth-order valence-electron chi connectivity index (χ4n) is 2.02. The normalized spacial score (nSPS) is 14.3. The molecule has 5 nitrogen and oxygen atoms in total. The molecule has 0 saturated carbocycles. The molecule has 0 aromatic heterocycles. The van der Waals surface area contributed by atoms with Gasteiger partial charge >= 0.3 is 12.0 Å². The van der Waals surface area contributed by atoms with E-state index < -0.39 is 5.97 Å². The van der Waals surface area contributed by atoms with E-state index in [9.17, 15) is 9.59 Å². The number of carbonyl (C=O) groups excluding carboxylic acids is 1. The van der Waals surface area contributed by atoms with Gasteiger partial charge in [0.25, 0.3) is 0 Å². The third-order valence-electron chi connectivity index (χ3n) is 3.08. The summed E-state index contributed by atoms with van der Waals surface area (Å²) in [5.41, 5.74) is 1.22. The average Bonchev–Trinajstić information content (AvgIpc) is 2.41. The standard InChI is InChI=1S/C14H16N2O3/c1-10-6-5-7-11(13(17)18)12(10)15-14(19)16-8-3-2-4-9-16/h2-3,5-7H,4,8-9H2,1H3,(H,15,19)(H,17,18). The van der Waals surface area contributed by atoms with Crippen LogP contribution in [0.25, 0.3) is 0 Å². The number of aryl methyl sites for hydroxylation is 1. The van der Waals surface area contributed by atoms with Crippen LogP contribution >= 0.6 is 0 Å². The molecule has 0 saturated heterocycles. The fourth-order valence-corrected chi connectivity index (χ4v) is 2.02. The van der Waals surface area contributed by atoms with Crippen molar-refractivity contribution in [2.45, 2.75) is 13.3 Å². The molecule has 2 amide bonds. The van der Waals surface area contributed by atoms with Gasteiger partial charge in [-0.3, -0.25) is 0 Å². The number of carboxylic acid groups (broad SMARTS) is 1. The SMILES string of the molecule is Cc1cccc(C(=O)O)c1NC(=O)N1CC=CCC1. The van der Waals surface area contributed by atoms with Crippen LogP contribution in [0.3, 0.4) is 0 Å². The van der Waals surface area contributed by atoms with Crippen LogP contribution in [0.5, 0.6) is 0 Å². The molecule has 0 bridgehead atoms. The number of para-hydroxylation sites is 1. The lowest BCUT2D eigenvalue weighted by Gasteiger charge is -2.24. The van der Waals surface area contributed by atoms with Crippen molar-refractivity contribution in [2.75, 3.05) is 18.4 Å². The summed E-state index contributed by atoms with van der Waals surface area (Å²) in [5.74, 6) is -1.04. The summed E-state index contributed by atoms with van der Waals surface area (Å²) in [4.78, 5) is 24.9. The van der Waals surface area contributed by atoms with Crippen LogP contribution in [0, 0.1) is 6.92 Å². The second kappa shape index (κ2) is 5.56. The van der Waals surface area contributed by atoms with Crippen LogP contribution in [-0.2, 0) is 0 Å². The molecule has 1 aromatic rings. The molecule has 0 atom stereocenters. The fraction of sp³-hybridized carbons (Fsp3) is 0.286. The lowest BCUT2D eigenvalue weighted by molar-refractivity contribution is 0.0698. The number of carboxylic acids is 1. The van der Waals surface area contributed by atoms with Crippen molar-refractivity contribution < 1.29 is 14.7 Å². The first-order chi connectivity index (χ1) is 9.09. The van der Waals surface area contributed by atoms with Gasteiger partial charge in [-0.05, 0) is 25.0 Å². The van der Waals surface area contributed by atoms with Gasteiger partial charge in [0.1, 0.15) is 0 Å². The number of aromatic carboxylic acids is 1. The maximum atomic E-state index is 12.1. The maximum absolute atomic E-state index is 12.1. The summed E-state index contributed by atoms with van der Waals surface area (Å²) in [5, 5.41) is 11.8. The van der Waals surface area contributed by atoms with E-state index in [-0.39, 0.29) is 11.6 Å². The highest BCUT2D eigenvalue weighted by molar-refractivity contribution is 6.01. The molecule has 0 spiro atoms. The van der Waals surface area contributed by atoms with Crippen molar-refractivity contribution in [3.05, 3.63) is 41.5 Å². The summed E-state index contributed by atoms with van der Waals surface area (Å²) < 4.78 is 0. The number of hydrogen-bond acceptors (Lipinski definition) is 2. The van der Waals surface area contributed by atoms with Gasteiger partial charge in [-0.25, -0.2) is 9.59 Å². The minimum atomic E-state index is -1.04. The van der Waals surface area contributed by atoms with Crippen molar-refractivity contribution in [2.24, 2.45) is 0 Å². The van der Waals surface area contributed by atoms with Crippen molar-refractivity contribution >= 4 is 17.7 Å². The van der Waals surface area contributed by atoms with Crippen molar-refractivity contribution in [3.63, 3.8) is 0 Å². The Morgan fingerprint density at radius 2 is 2.11 bits per heavy atom. The smallest absolute Gasteiger partial charge is 0.337 e. The summed E-state index contributed by atoms with van der Waals surface area (Å²) >= 11 is 0. The summed E-state index contributed by atoms with van der Waals surface area (Å²) in [6, 6.07) is 4.67. The van der Waals surface area contributed by atoms with Crippen LogP contribution in [0.1, 0.15) is 22.3 Å². The molecule has 2 N–H and O–H groups in total. The topological polar surface area (TPSA) is 69.6 Å². The highest BCUT2D eigenvalue weighted by Gasteiger charge is 2.18. The summed E-state index contributed by atoms with van der Waals surface area (Å²) in [6.07, 6.45) is 4.78. The third kappa shape index (κ3) is 2.93. The molecule has 100 valence electrons. The molecule has 0 radical (unpaired) electrons. The minimum Gasteiger partial charge on any atom is -0.478 e. The highest BCUT2D eigenvalue weighted by Crippen LogP contribution is 2.21. The van der Waals surface area contributed by atoms with Crippen molar-refractivity contribution in [3.8, 4) is 0 Å². The lowest BCUT2D eigenvalue weighted by Crippen LogP contribution is -2.37. The number of carbonyl (C=O) groups is 2. The van der Waals surface area contributed by atoms with Crippen LogP contribution in [0.15, 0.2) is 30.4 Å². The number of hydrogen-bond donors (Lipinski definition) is 2. The van der Waals surface area contributed by atoms with Crippen LogP contribution in [0.2, 0.25) is 0 Å². The Balaban J connectivity index is 2.20. The predicted molar refractivity (Wildman–Crippen MR) is 72.5 cm³/mol. The molecule has 1 heterocycles. The Hall–Kier alpha value is -2.30. The molecule has 2 rings (SSSR count). The average molecular weight is 260 g/mol. The zero-order valence-corrected chi connectivity index (χ0v) is 10.7. The molecule has 1 aromatic carbocycles. The molecular formula is C14H16N2O3. The Morgan fingerprint density at radius 3 is 2.74 bits per heavy atom. The van der Waals surface area contributed by atoms with E-state index in [1.807, 2.05) is 12.2 Å². The van der Waals surface area contributed by atoms with Gasteiger partial charge < -0.3 is 15.3 Å². The summed E-state index contributed by atoms with van der Waals surface area (Å²) in [7, 11) is 0. The number of amides is 2. The number of rotatable bonds is 2. The van der Waals surface area contributed by atoms with E-state index >= 15 is 0 Å². The Bertz CT molecular complexity index is 537. The van der Waals surface area contributed by atoms with Gasteiger partial charge in [-0.15, -0.1) is 0 Å². The van der Waals surface area contributed by atoms with E-state index in [0.717, 1.165) is 12.0 Å². The first kappa shape index (κ1) is 13.1. The zero-order valence-electron chi connectivity index (χ0n) is 10.7. The summed E-state index contributed by atoms with van der Waals surface area (Å²) in [6.45, 7) is 2.98.